The van der Waals surface area contributed by atoms with Crippen molar-refractivity contribution in [2.24, 2.45) is 4.99 Å². The van der Waals surface area contributed by atoms with E-state index in [0.29, 0.717) is 4.47 Å². The number of rotatable bonds is 2. The molecule has 0 aliphatic heterocycles. The normalized spacial score (nSPS) is 17.4. The van der Waals surface area contributed by atoms with Crippen LogP contribution in [0.15, 0.2) is 21.6 Å². The van der Waals surface area contributed by atoms with Gasteiger partial charge in [0.1, 0.15) is 5.82 Å². The molecule has 0 unspecified atom stereocenters. The summed E-state index contributed by atoms with van der Waals surface area (Å²) in [6.45, 7) is 1.90. The molecule has 0 heterocycles. The summed E-state index contributed by atoms with van der Waals surface area (Å²) >= 11 is 3.25. The second-order valence-corrected chi connectivity index (χ2v) is 4.93. The van der Waals surface area contributed by atoms with Gasteiger partial charge in [-0.2, -0.15) is 4.99 Å². The molecule has 1 aromatic rings. The van der Waals surface area contributed by atoms with E-state index < -0.39 is 5.54 Å². The van der Waals surface area contributed by atoms with Gasteiger partial charge in [0.2, 0.25) is 6.08 Å². The highest BCUT2D eigenvalue weighted by Gasteiger charge is 2.41. The molecule has 16 heavy (non-hydrogen) atoms. The van der Waals surface area contributed by atoms with Crippen molar-refractivity contribution in [3.8, 4) is 0 Å². The van der Waals surface area contributed by atoms with Crippen LogP contribution in [0.5, 0.6) is 0 Å². The molecule has 1 aromatic carbocycles. The molecule has 0 saturated heterocycles. The fourth-order valence-electron chi connectivity index (χ4n) is 2.24. The van der Waals surface area contributed by atoms with E-state index in [4.69, 9.17) is 0 Å². The van der Waals surface area contributed by atoms with Crippen LogP contribution in [0.25, 0.3) is 0 Å². The Labute approximate surface area is 102 Å². The number of hydrogen-bond acceptors (Lipinski definition) is 2. The Balaban J connectivity index is 2.62. The molecule has 84 valence electrons. The lowest BCUT2D eigenvalue weighted by atomic mass is 9.71. The van der Waals surface area contributed by atoms with Crippen LogP contribution >= 0.6 is 15.9 Å². The summed E-state index contributed by atoms with van der Waals surface area (Å²) in [6, 6.07) is 3.13. The highest BCUT2D eigenvalue weighted by molar-refractivity contribution is 9.10. The van der Waals surface area contributed by atoms with Crippen molar-refractivity contribution in [1.82, 2.24) is 0 Å². The Morgan fingerprint density at radius 3 is 2.69 bits per heavy atom. The molecule has 0 N–H and O–H groups in total. The van der Waals surface area contributed by atoms with Crippen LogP contribution in [0.4, 0.5) is 4.39 Å². The summed E-state index contributed by atoms with van der Waals surface area (Å²) < 4.78 is 13.9. The number of hydrogen-bond donors (Lipinski definition) is 0. The van der Waals surface area contributed by atoms with E-state index in [2.05, 4.69) is 20.9 Å². The zero-order chi connectivity index (χ0) is 11.8. The Hall–Kier alpha value is -0.990. The van der Waals surface area contributed by atoms with Gasteiger partial charge in [0.15, 0.2) is 0 Å². The topological polar surface area (TPSA) is 29.4 Å². The van der Waals surface area contributed by atoms with Crippen molar-refractivity contribution in [1.29, 1.82) is 0 Å². The molecule has 0 radical (unpaired) electrons. The third-order valence-corrected chi connectivity index (χ3v) is 3.98. The van der Waals surface area contributed by atoms with Gasteiger partial charge < -0.3 is 0 Å². The molecule has 1 aliphatic rings. The molecule has 1 aliphatic carbocycles. The number of benzene rings is 1. The summed E-state index contributed by atoms with van der Waals surface area (Å²) in [5.41, 5.74) is 1.20. The van der Waals surface area contributed by atoms with Crippen LogP contribution in [-0.4, -0.2) is 6.08 Å². The second-order valence-electron chi connectivity index (χ2n) is 4.14. The lowest BCUT2D eigenvalue weighted by molar-refractivity contribution is 0.252. The molecule has 4 heteroatoms. The van der Waals surface area contributed by atoms with Crippen LogP contribution in [0, 0.1) is 12.7 Å². The predicted octanol–water partition coefficient (Wildman–Crippen LogP) is 3.61. The van der Waals surface area contributed by atoms with Crippen molar-refractivity contribution in [3.05, 3.63) is 33.5 Å². The van der Waals surface area contributed by atoms with E-state index in [1.807, 2.05) is 6.92 Å². The average Bonchev–Trinajstić information content (AvgIpc) is 2.20. The third kappa shape index (κ3) is 1.62. The van der Waals surface area contributed by atoms with Gasteiger partial charge in [0.25, 0.3) is 0 Å². The van der Waals surface area contributed by atoms with E-state index in [-0.39, 0.29) is 5.82 Å². The molecule has 2 rings (SSSR count). The first-order valence-corrected chi connectivity index (χ1v) is 5.94. The third-order valence-electron chi connectivity index (χ3n) is 3.21. The van der Waals surface area contributed by atoms with Gasteiger partial charge in [-0.25, -0.2) is 9.18 Å². The Morgan fingerprint density at radius 1 is 1.50 bits per heavy atom. The first-order valence-electron chi connectivity index (χ1n) is 5.15. The van der Waals surface area contributed by atoms with Crippen LogP contribution in [0.1, 0.15) is 30.4 Å². The minimum atomic E-state index is -0.549. The minimum absolute atomic E-state index is 0.312. The van der Waals surface area contributed by atoms with E-state index >= 15 is 0 Å². The number of aliphatic imine (C=N–C) groups is 1. The van der Waals surface area contributed by atoms with E-state index in [0.717, 1.165) is 30.4 Å². The van der Waals surface area contributed by atoms with Crippen LogP contribution in [0.2, 0.25) is 0 Å². The quantitative estimate of drug-likeness (QED) is 0.602. The van der Waals surface area contributed by atoms with E-state index in [9.17, 15) is 9.18 Å². The van der Waals surface area contributed by atoms with Crippen molar-refractivity contribution >= 4 is 22.0 Å². The monoisotopic (exact) mass is 283 g/mol. The van der Waals surface area contributed by atoms with Gasteiger partial charge in [0, 0.05) is 5.56 Å². The summed E-state index contributed by atoms with van der Waals surface area (Å²) in [5.74, 6) is -0.312. The van der Waals surface area contributed by atoms with Gasteiger partial charge in [-0.15, -0.1) is 0 Å². The van der Waals surface area contributed by atoms with E-state index in [1.165, 1.54) is 6.07 Å². The summed E-state index contributed by atoms with van der Waals surface area (Å²) in [7, 11) is 0. The highest BCUT2D eigenvalue weighted by Crippen LogP contribution is 2.48. The van der Waals surface area contributed by atoms with Gasteiger partial charge in [-0.05, 0) is 53.7 Å². The van der Waals surface area contributed by atoms with Crippen molar-refractivity contribution in [3.63, 3.8) is 0 Å². The second kappa shape index (κ2) is 4.11. The molecule has 0 amide bonds. The highest BCUT2D eigenvalue weighted by atomic mass is 79.9. The minimum Gasteiger partial charge on any atom is -0.211 e. The molecule has 0 bridgehead atoms. The predicted molar refractivity (Wildman–Crippen MR) is 62.5 cm³/mol. The van der Waals surface area contributed by atoms with Crippen LogP contribution in [-0.2, 0) is 10.3 Å². The smallest absolute Gasteiger partial charge is 0.211 e. The maximum absolute atomic E-state index is 13.5. The van der Waals surface area contributed by atoms with Crippen LogP contribution in [0.3, 0.4) is 0 Å². The first kappa shape index (κ1) is 11.5. The zero-order valence-corrected chi connectivity index (χ0v) is 10.5. The lowest BCUT2D eigenvalue weighted by Gasteiger charge is -2.38. The maximum atomic E-state index is 13.5. The molecule has 0 atom stereocenters. The summed E-state index contributed by atoms with van der Waals surface area (Å²) in [5, 5.41) is 0. The van der Waals surface area contributed by atoms with Crippen molar-refractivity contribution < 1.29 is 9.18 Å². The summed E-state index contributed by atoms with van der Waals surface area (Å²) in [4.78, 5) is 14.4. The van der Waals surface area contributed by atoms with Crippen molar-refractivity contribution in [2.45, 2.75) is 31.7 Å². The Bertz CT molecular complexity index is 476. The average molecular weight is 284 g/mol. The summed E-state index contributed by atoms with van der Waals surface area (Å²) in [6.07, 6.45) is 4.19. The first-order chi connectivity index (χ1) is 7.60. The molecule has 0 spiro atoms. The number of nitrogens with zero attached hydrogens (tertiary/aromatic N) is 1. The fourth-order valence-corrected chi connectivity index (χ4v) is 3.05. The van der Waals surface area contributed by atoms with Gasteiger partial charge in [-0.1, -0.05) is 6.07 Å². The number of halogens is 2. The molecular formula is C12H11BrFNO. The maximum Gasteiger partial charge on any atom is 0.235 e. The molecule has 0 aromatic heterocycles. The number of isocyanates is 1. The SMILES string of the molecule is Cc1ccc(F)c(Br)c1C1(N=C=O)CCC1. The number of aryl methyl sites for hydroxylation is 1. The largest absolute Gasteiger partial charge is 0.235 e. The molecule has 1 fully saturated rings. The van der Waals surface area contributed by atoms with Crippen LogP contribution < -0.4 is 0 Å². The standard InChI is InChI=1S/C12H11BrFNO/c1-8-3-4-9(14)11(13)10(8)12(15-7-16)5-2-6-12/h3-4H,2,5-6H2,1H3. The van der Waals surface area contributed by atoms with Crippen molar-refractivity contribution in [2.75, 3.05) is 0 Å². The van der Waals surface area contributed by atoms with E-state index in [1.54, 1.807) is 12.1 Å². The lowest BCUT2D eigenvalue weighted by Crippen LogP contribution is -2.33. The van der Waals surface area contributed by atoms with Gasteiger partial charge in [-0.3, -0.25) is 0 Å². The Kier molecular flexibility index (Phi) is 2.96. The van der Waals surface area contributed by atoms with Gasteiger partial charge in [0.05, 0.1) is 10.0 Å². The number of carbonyl (C=O) groups excluding carboxylic acids is 1. The molecule has 2 nitrogen and oxygen atoms in total. The molecule has 1 saturated carbocycles. The fraction of sp³-hybridized carbons (Fsp3) is 0.417. The molecular weight excluding hydrogens is 273 g/mol. The Morgan fingerprint density at radius 2 is 2.19 bits per heavy atom. The van der Waals surface area contributed by atoms with Gasteiger partial charge >= 0.3 is 0 Å². The zero-order valence-electron chi connectivity index (χ0n) is 8.89.